The molecule has 0 aliphatic heterocycles. The number of hydrogen-bond donors (Lipinski definition) is 0. The summed E-state index contributed by atoms with van der Waals surface area (Å²) in [4.78, 5) is 0. The monoisotopic (exact) mass is 194 g/mol. The Hall–Kier alpha value is -1.05. The zero-order chi connectivity index (χ0) is 9.97. The summed E-state index contributed by atoms with van der Waals surface area (Å²) in [6.45, 7) is 2.61. The number of halogens is 1. The summed E-state index contributed by atoms with van der Waals surface area (Å²) in [6.07, 6.45) is 3.76. The van der Waals surface area contributed by atoms with Crippen molar-refractivity contribution in [3.8, 4) is 5.75 Å². The molecular weight excluding hydrogens is 179 g/mol. The van der Waals surface area contributed by atoms with Crippen LogP contribution in [-0.2, 0) is 0 Å². The molecule has 0 atom stereocenters. The summed E-state index contributed by atoms with van der Waals surface area (Å²) in [5.41, 5.74) is 1.04. The molecule has 0 unspecified atom stereocenters. The van der Waals surface area contributed by atoms with E-state index in [-0.39, 0.29) is 5.82 Å². The number of hydrogen-bond acceptors (Lipinski definition) is 1. The Morgan fingerprint density at radius 3 is 2.86 bits per heavy atom. The number of benzene rings is 1. The zero-order valence-electron chi connectivity index (χ0n) is 8.42. The molecule has 1 saturated carbocycles. The lowest BCUT2D eigenvalue weighted by Gasteiger charge is -2.25. The van der Waals surface area contributed by atoms with Crippen molar-refractivity contribution in [1.29, 1.82) is 0 Å². The van der Waals surface area contributed by atoms with Gasteiger partial charge in [0.25, 0.3) is 0 Å². The van der Waals surface area contributed by atoms with Crippen LogP contribution in [0, 0.1) is 18.7 Å². The van der Waals surface area contributed by atoms with Gasteiger partial charge in [0.05, 0.1) is 6.61 Å². The first-order chi connectivity index (χ1) is 6.75. The second kappa shape index (κ2) is 3.99. The van der Waals surface area contributed by atoms with Crippen molar-refractivity contribution in [1.82, 2.24) is 0 Å². The van der Waals surface area contributed by atoms with E-state index in [0.29, 0.717) is 18.3 Å². The lowest BCUT2D eigenvalue weighted by molar-refractivity contribution is 0.175. The average molecular weight is 194 g/mol. The molecule has 0 saturated heterocycles. The molecule has 2 rings (SSSR count). The third kappa shape index (κ3) is 2.06. The fourth-order valence-electron chi connectivity index (χ4n) is 1.59. The van der Waals surface area contributed by atoms with E-state index in [1.165, 1.54) is 25.3 Å². The first kappa shape index (κ1) is 9.50. The van der Waals surface area contributed by atoms with Crippen LogP contribution in [0.3, 0.4) is 0 Å². The molecule has 1 nitrogen and oxygen atoms in total. The van der Waals surface area contributed by atoms with E-state index in [0.717, 1.165) is 5.56 Å². The van der Waals surface area contributed by atoms with Gasteiger partial charge in [0.15, 0.2) is 11.6 Å². The van der Waals surface area contributed by atoms with Crippen molar-refractivity contribution in [3.63, 3.8) is 0 Å². The highest BCUT2D eigenvalue weighted by atomic mass is 19.1. The average Bonchev–Trinajstić information content (AvgIpc) is 2.08. The molecule has 1 fully saturated rings. The molecule has 1 aromatic rings. The molecule has 0 radical (unpaired) electrons. The summed E-state index contributed by atoms with van der Waals surface area (Å²) in [6, 6.07) is 4.98. The van der Waals surface area contributed by atoms with Crippen LogP contribution in [0.2, 0.25) is 0 Å². The first-order valence-electron chi connectivity index (χ1n) is 5.14. The third-order valence-electron chi connectivity index (χ3n) is 2.79. The topological polar surface area (TPSA) is 9.23 Å². The Kier molecular flexibility index (Phi) is 2.71. The van der Waals surface area contributed by atoms with Gasteiger partial charge in [0.2, 0.25) is 0 Å². The first-order valence-corrected chi connectivity index (χ1v) is 5.14. The maximum atomic E-state index is 13.2. The Morgan fingerprint density at radius 1 is 1.43 bits per heavy atom. The van der Waals surface area contributed by atoms with Gasteiger partial charge in [-0.3, -0.25) is 0 Å². The van der Waals surface area contributed by atoms with Gasteiger partial charge in [0, 0.05) is 0 Å². The summed E-state index contributed by atoms with van der Waals surface area (Å²) < 4.78 is 18.7. The van der Waals surface area contributed by atoms with Crippen LogP contribution in [0.15, 0.2) is 18.2 Å². The minimum Gasteiger partial charge on any atom is -0.490 e. The van der Waals surface area contributed by atoms with Crippen LogP contribution in [0.5, 0.6) is 5.75 Å². The van der Waals surface area contributed by atoms with Crippen LogP contribution >= 0.6 is 0 Å². The van der Waals surface area contributed by atoms with E-state index < -0.39 is 0 Å². The Bertz CT molecular complexity index is 318. The highest BCUT2D eigenvalue weighted by Gasteiger charge is 2.18. The SMILES string of the molecule is Cc1ccc(F)c(OCC2CCC2)c1. The molecule has 0 aromatic heterocycles. The fraction of sp³-hybridized carbons (Fsp3) is 0.500. The maximum Gasteiger partial charge on any atom is 0.165 e. The molecule has 76 valence electrons. The molecule has 1 aliphatic carbocycles. The minimum absolute atomic E-state index is 0.255. The van der Waals surface area contributed by atoms with E-state index in [9.17, 15) is 4.39 Å². The van der Waals surface area contributed by atoms with Gasteiger partial charge in [-0.05, 0) is 43.4 Å². The molecular formula is C12H15FO. The molecule has 0 N–H and O–H groups in total. The molecule has 14 heavy (non-hydrogen) atoms. The van der Waals surface area contributed by atoms with Crippen LogP contribution in [0.25, 0.3) is 0 Å². The molecule has 2 heteroatoms. The molecule has 0 amide bonds. The smallest absolute Gasteiger partial charge is 0.165 e. The van der Waals surface area contributed by atoms with Gasteiger partial charge in [-0.1, -0.05) is 12.5 Å². The van der Waals surface area contributed by atoms with Crippen LogP contribution in [0.4, 0.5) is 4.39 Å². The Labute approximate surface area is 83.9 Å². The second-order valence-corrected chi connectivity index (χ2v) is 4.04. The van der Waals surface area contributed by atoms with Crippen molar-refractivity contribution in [3.05, 3.63) is 29.6 Å². The van der Waals surface area contributed by atoms with E-state index in [1.807, 2.05) is 6.92 Å². The normalized spacial score (nSPS) is 16.4. The third-order valence-corrected chi connectivity index (χ3v) is 2.79. The Morgan fingerprint density at radius 2 is 2.21 bits per heavy atom. The van der Waals surface area contributed by atoms with E-state index >= 15 is 0 Å². The number of aryl methyl sites for hydroxylation is 1. The molecule has 0 heterocycles. The maximum absolute atomic E-state index is 13.2. The minimum atomic E-state index is -0.255. The van der Waals surface area contributed by atoms with Crippen molar-refractivity contribution >= 4 is 0 Å². The van der Waals surface area contributed by atoms with Crippen LogP contribution < -0.4 is 4.74 Å². The molecule has 1 aliphatic rings. The fourth-order valence-corrected chi connectivity index (χ4v) is 1.59. The lowest BCUT2D eigenvalue weighted by atomic mass is 9.86. The summed E-state index contributed by atoms with van der Waals surface area (Å²) in [5.74, 6) is 0.793. The number of ether oxygens (including phenoxy) is 1. The van der Waals surface area contributed by atoms with Crippen molar-refractivity contribution in [2.75, 3.05) is 6.61 Å². The molecule has 1 aromatic carbocycles. The number of rotatable bonds is 3. The van der Waals surface area contributed by atoms with Gasteiger partial charge in [-0.15, -0.1) is 0 Å². The zero-order valence-corrected chi connectivity index (χ0v) is 8.42. The van der Waals surface area contributed by atoms with Crippen LogP contribution in [-0.4, -0.2) is 6.61 Å². The molecule has 0 spiro atoms. The largest absolute Gasteiger partial charge is 0.490 e. The molecule has 0 bridgehead atoms. The van der Waals surface area contributed by atoms with Gasteiger partial charge in [-0.2, -0.15) is 0 Å². The predicted octanol–water partition coefficient (Wildman–Crippen LogP) is 3.31. The summed E-state index contributed by atoms with van der Waals surface area (Å²) >= 11 is 0. The Balaban J connectivity index is 1.96. The highest BCUT2D eigenvalue weighted by Crippen LogP contribution is 2.28. The predicted molar refractivity (Wildman–Crippen MR) is 54.0 cm³/mol. The van der Waals surface area contributed by atoms with Crippen molar-refractivity contribution in [2.45, 2.75) is 26.2 Å². The lowest BCUT2D eigenvalue weighted by Crippen LogP contribution is -2.19. The van der Waals surface area contributed by atoms with Gasteiger partial charge >= 0.3 is 0 Å². The summed E-state index contributed by atoms with van der Waals surface area (Å²) in [7, 11) is 0. The second-order valence-electron chi connectivity index (χ2n) is 4.04. The van der Waals surface area contributed by atoms with Gasteiger partial charge in [-0.25, -0.2) is 4.39 Å². The van der Waals surface area contributed by atoms with Crippen LogP contribution in [0.1, 0.15) is 24.8 Å². The highest BCUT2D eigenvalue weighted by molar-refractivity contribution is 5.29. The standard InChI is InChI=1S/C12H15FO/c1-9-5-6-11(13)12(7-9)14-8-10-3-2-4-10/h5-7,10H,2-4,8H2,1H3. The van der Waals surface area contributed by atoms with Gasteiger partial charge < -0.3 is 4.74 Å². The van der Waals surface area contributed by atoms with E-state index in [1.54, 1.807) is 12.1 Å². The van der Waals surface area contributed by atoms with Crippen molar-refractivity contribution < 1.29 is 9.13 Å². The quantitative estimate of drug-likeness (QED) is 0.717. The van der Waals surface area contributed by atoms with Crippen molar-refractivity contribution in [2.24, 2.45) is 5.92 Å². The van der Waals surface area contributed by atoms with E-state index in [4.69, 9.17) is 4.74 Å². The summed E-state index contributed by atoms with van der Waals surface area (Å²) in [5, 5.41) is 0. The van der Waals surface area contributed by atoms with Gasteiger partial charge in [0.1, 0.15) is 0 Å². The van der Waals surface area contributed by atoms with E-state index in [2.05, 4.69) is 0 Å².